The Hall–Kier alpha value is -1.02. The summed E-state index contributed by atoms with van der Waals surface area (Å²) in [4.78, 5) is 2.33. The molecular formula is C13H21NO. The number of benzene rings is 1. The molecule has 1 N–H and O–H groups in total. The van der Waals surface area contributed by atoms with Gasteiger partial charge in [-0.2, -0.15) is 0 Å². The Kier molecular flexibility index (Phi) is 4.15. The normalized spacial score (nSPS) is 11.3. The maximum Gasteiger partial charge on any atom is 0.120 e. The zero-order valence-electron chi connectivity index (χ0n) is 10.1. The zero-order valence-corrected chi connectivity index (χ0v) is 10.1. The van der Waals surface area contributed by atoms with Gasteiger partial charge in [0, 0.05) is 18.2 Å². The second-order valence-electron chi connectivity index (χ2n) is 4.29. The minimum absolute atomic E-state index is 0.403. The van der Waals surface area contributed by atoms with Gasteiger partial charge in [-0.05, 0) is 33.4 Å². The summed E-state index contributed by atoms with van der Waals surface area (Å²) in [5, 5.41) is 9.73. The molecule has 0 saturated carbocycles. The number of hydrogen-bond donors (Lipinski definition) is 1. The molecule has 0 amide bonds. The molecular weight excluding hydrogens is 186 g/mol. The van der Waals surface area contributed by atoms with Crippen LogP contribution in [0.4, 0.5) is 0 Å². The summed E-state index contributed by atoms with van der Waals surface area (Å²) in [6.07, 6.45) is 0. The summed E-state index contributed by atoms with van der Waals surface area (Å²) in [6.45, 7) is 10.4. The van der Waals surface area contributed by atoms with Crippen molar-refractivity contribution in [1.29, 1.82) is 0 Å². The number of hydrogen-bond acceptors (Lipinski definition) is 2. The van der Waals surface area contributed by atoms with Crippen LogP contribution in [0.15, 0.2) is 18.2 Å². The first kappa shape index (κ1) is 12.1. The smallest absolute Gasteiger partial charge is 0.120 e. The van der Waals surface area contributed by atoms with Crippen molar-refractivity contribution in [2.75, 3.05) is 6.54 Å². The van der Waals surface area contributed by atoms with Crippen LogP contribution in [0.1, 0.15) is 31.9 Å². The molecule has 0 saturated heterocycles. The van der Waals surface area contributed by atoms with Gasteiger partial charge in [-0.15, -0.1) is 0 Å². The first-order valence-electron chi connectivity index (χ1n) is 5.57. The highest BCUT2D eigenvalue weighted by atomic mass is 16.3. The summed E-state index contributed by atoms with van der Waals surface area (Å²) in [5.41, 5.74) is 2.22. The van der Waals surface area contributed by atoms with Crippen molar-refractivity contribution >= 4 is 0 Å². The number of phenols is 1. The molecule has 0 aliphatic heterocycles. The van der Waals surface area contributed by atoms with Gasteiger partial charge in [0.1, 0.15) is 5.75 Å². The van der Waals surface area contributed by atoms with Crippen molar-refractivity contribution < 1.29 is 5.11 Å². The maximum atomic E-state index is 9.73. The highest BCUT2D eigenvalue weighted by molar-refractivity contribution is 5.35. The third-order valence-electron chi connectivity index (χ3n) is 2.74. The van der Waals surface area contributed by atoms with Crippen molar-refractivity contribution in [3.63, 3.8) is 0 Å². The van der Waals surface area contributed by atoms with Crippen LogP contribution in [0.3, 0.4) is 0 Å². The van der Waals surface area contributed by atoms with Gasteiger partial charge in [0.2, 0.25) is 0 Å². The van der Waals surface area contributed by atoms with Crippen LogP contribution in [-0.2, 0) is 6.54 Å². The fraction of sp³-hybridized carbons (Fsp3) is 0.538. The number of nitrogens with zero attached hydrogens (tertiary/aromatic N) is 1. The molecule has 1 aromatic carbocycles. The predicted molar refractivity (Wildman–Crippen MR) is 64.1 cm³/mol. The van der Waals surface area contributed by atoms with Crippen LogP contribution in [0.25, 0.3) is 0 Å². The Balaban J connectivity index is 2.82. The summed E-state index contributed by atoms with van der Waals surface area (Å²) in [5.74, 6) is 0.403. The summed E-state index contributed by atoms with van der Waals surface area (Å²) >= 11 is 0. The molecule has 0 spiro atoms. The molecule has 0 aliphatic carbocycles. The molecule has 1 aromatic rings. The molecule has 0 fully saturated rings. The Bertz CT molecular complexity index is 320. The molecule has 2 heteroatoms. The second-order valence-corrected chi connectivity index (χ2v) is 4.29. The van der Waals surface area contributed by atoms with Gasteiger partial charge in [-0.25, -0.2) is 0 Å². The second kappa shape index (κ2) is 5.17. The van der Waals surface area contributed by atoms with Gasteiger partial charge in [-0.1, -0.05) is 24.6 Å². The minimum Gasteiger partial charge on any atom is -0.508 e. The molecule has 0 aromatic heterocycles. The molecule has 0 unspecified atom stereocenters. The Labute approximate surface area is 92.5 Å². The number of phenolic OH excluding ortho intramolecular Hbond substituents is 1. The van der Waals surface area contributed by atoms with Crippen LogP contribution in [0.5, 0.6) is 5.75 Å². The average Bonchev–Trinajstić information content (AvgIpc) is 2.18. The topological polar surface area (TPSA) is 23.5 Å². The van der Waals surface area contributed by atoms with Crippen LogP contribution in [0, 0.1) is 6.92 Å². The van der Waals surface area contributed by atoms with E-state index in [9.17, 15) is 5.11 Å². The molecule has 84 valence electrons. The van der Waals surface area contributed by atoms with E-state index < -0.39 is 0 Å². The van der Waals surface area contributed by atoms with Crippen LogP contribution >= 0.6 is 0 Å². The van der Waals surface area contributed by atoms with E-state index in [2.05, 4.69) is 38.7 Å². The molecule has 1 rings (SSSR count). The third kappa shape index (κ3) is 3.24. The molecule has 15 heavy (non-hydrogen) atoms. The van der Waals surface area contributed by atoms with Gasteiger partial charge >= 0.3 is 0 Å². The molecule has 0 heterocycles. The fourth-order valence-corrected chi connectivity index (χ4v) is 1.72. The van der Waals surface area contributed by atoms with E-state index in [1.165, 1.54) is 5.56 Å². The average molecular weight is 207 g/mol. The molecule has 0 aliphatic rings. The summed E-state index contributed by atoms with van der Waals surface area (Å²) in [6, 6.07) is 6.28. The first-order chi connectivity index (χ1) is 7.04. The van der Waals surface area contributed by atoms with Gasteiger partial charge in [0.05, 0.1) is 0 Å². The van der Waals surface area contributed by atoms with E-state index in [0.29, 0.717) is 11.8 Å². The lowest BCUT2D eigenvalue weighted by molar-refractivity contribution is 0.222. The Morgan fingerprint density at radius 2 is 2.00 bits per heavy atom. The van der Waals surface area contributed by atoms with Crippen molar-refractivity contribution in [3.8, 4) is 5.75 Å². The van der Waals surface area contributed by atoms with E-state index in [-0.39, 0.29) is 0 Å². The summed E-state index contributed by atoms with van der Waals surface area (Å²) < 4.78 is 0. The van der Waals surface area contributed by atoms with Crippen LogP contribution in [-0.4, -0.2) is 22.6 Å². The fourth-order valence-electron chi connectivity index (χ4n) is 1.72. The summed E-state index contributed by atoms with van der Waals surface area (Å²) in [7, 11) is 0. The highest BCUT2D eigenvalue weighted by Crippen LogP contribution is 2.20. The molecule has 0 atom stereocenters. The highest BCUT2D eigenvalue weighted by Gasteiger charge is 2.10. The van der Waals surface area contributed by atoms with E-state index in [1.54, 1.807) is 6.07 Å². The standard InChI is InChI=1S/C13H21NO/c1-5-14(10(2)3)9-12-8-11(4)6-7-13(12)15/h6-8,10,15H,5,9H2,1-4H3. The lowest BCUT2D eigenvalue weighted by atomic mass is 10.1. The SMILES string of the molecule is CCN(Cc1cc(C)ccc1O)C(C)C. The van der Waals surface area contributed by atoms with E-state index >= 15 is 0 Å². The molecule has 0 radical (unpaired) electrons. The largest absolute Gasteiger partial charge is 0.508 e. The van der Waals surface area contributed by atoms with Crippen LogP contribution in [0.2, 0.25) is 0 Å². The van der Waals surface area contributed by atoms with Gasteiger partial charge in [0.25, 0.3) is 0 Å². The molecule has 0 bridgehead atoms. The lowest BCUT2D eigenvalue weighted by Crippen LogP contribution is -2.29. The van der Waals surface area contributed by atoms with Crippen LogP contribution < -0.4 is 0 Å². The van der Waals surface area contributed by atoms with Gasteiger partial charge in [-0.3, -0.25) is 4.90 Å². The van der Waals surface area contributed by atoms with E-state index in [4.69, 9.17) is 0 Å². The van der Waals surface area contributed by atoms with Gasteiger partial charge < -0.3 is 5.11 Å². The Morgan fingerprint density at radius 3 is 2.53 bits per heavy atom. The minimum atomic E-state index is 0.403. The number of aromatic hydroxyl groups is 1. The maximum absolute atomic E-state index is 9.73. The lowest BCUT2D eigenvalue weighted by Gasteiger charge is -2.25. The van der Waals surface area contributed by atoms with Crippen molar-refractivity contribution in [2.24, 2.45) is 0 Å². The molecule has 2 nitrogen and oxygen atoms in total. The number of rotatable bonds is 4. The van der Waals surface area contributed by atoms with Crippen molar-refractivity contribution in [3.05, 3.63) is 29.3 Å². The first-order valence-corrected chi connectivity index (χ1v) is 5.57. The monoisotopic (exact) mass is 207 g/mol. The number of aryl methyl sites for hydroxylation is 1. The Morgan fingerprint density at radius 1 is 1.33 bits per heavy atom. The predicted octanol–water partition coefficient (Wildman–Crippen LogP) is 2.93. The van der Waals surface area contributed by atoms with E-state index in [1.807, 2.05) is 6.07 Å². The van der Waals surface area contributed by atoms with Crippen molar-refractivity contribution in [2.45, 2.75) is 40.3 Å². The van der Waals surface area contributed by atoms with Crippen molar-refractivity contribution in [1.82, 2.24) is 4.90 Å². The third-order valence-corrected chi connectivity index (χ3v) is 2.74. The quantitative estimate of drug-likeness (QED) is 0.820. The van der Waals surface area contributed by atoms with E-state index in [0.717, 1.165) is 18.7 Å². The zero-order chi connectivity index (χ0) is 11.4. The van der Waals surface area contributed by atoms with Gasteiger partial charge in [0.15, 0.2) is 0 Å².